The van der Waals surface area contributed by atoms with E-state index in [1.165, 1.54) is 0 Å². The maximum absolute atomic E-state index is 11.7. The molecule has 2 heterocycles. The molecule has 4 heteroatoms. The number of allylic oxidation sites excluding steroid dienone is 1. The van der Waals surface area contributed by atoms with Crippen molar-refractivity contribution in [2.45, 2.75) is 19.9 Å². The molecule has 2 aromatic rings. The first-order chi connectivity index (χ1) is 12.6. The van der Waals surface area contributed by atoms with Crippen molar-refractivity contribution in [2.75, 3.05) is 4.90 Å². The van der Waals surface area contributed by atoms with Crippen LogP contribution in [0.1, 0.15) is 23.1 Å². The molecule has 0 radical (unpaired) electrons. The highest BCUT2D eigenvalue weighted by molar-refractivity contribution is 6.30. The van der Waals surface area contributed by atoms with Gasteiger partial charge in [0.1, 0.15) is 24.1 Å². The molecule has 0 spiro atoms. The van der Waals surface area contributed by atoms with Crippen LogP contribution in [0.5, 0.6) is 0 Å². The highest BCUT2D eigenvalue weighted by Gasteiger charge is 2.43. The molecule has 0 saturated heterocycles. The predicted octanol–water partition coefficient (Wildman–Crippen LogP) is 4.79. The third kappa shape index (κ3) is 2.47. The number of amides is 1. The average molecular weight is 362 g/mol. The first-order valence-corrected chi connectivity index (χ1v) is 8.81. The molecule has 2 aliphatic heterocycles. The lowest BCUT2D eigenvalue weighted by Crippen LogP contribution is -2.39. The number of aryl methyl sites for hydroxylation is 1. The molecule has 1 amide bonds. The minimum atomic E-state index is 0.478. The number of hydrogen-bond acceptors (Lipinski definition) is 1. The van der Waals surface area contributed by atoms with Crippen LogP contribution in [-0.4, -0.2) is 6.41 Å². The fraction of sp³-hybridized carbons (Fsp3) is 0.136. The van der Waals surface area contributed by atoms with Crippen LogP contribution < -0.4 is 9.38 Å². The molecule has 3 nitrogen and oxygen atoms in total. The Labute approximate surface area is 158 Å². The smallest absolute Gasteiger partial charge is 0.218 e. The van der Waals surface area contributed by atoms with Crippen molar-refractivity contribution in [3.8, 4) is 12.3 Å². The van der Waals surface area contributed by atoms with Gasteiger partial charge in [-0.15, -0.1) is 6.42 Å². The van der Waals surface area contributed by atoms with Gasteiger partial charge >= 0.3 is 0 Å². The van der Waals surface area contributed by atoms with Gasteiger partial charge in [0.2, 0.25) is 6.41 Å². The number of quaternary nitrogens is 1. The van der Waals surface area contributed by atoms with E-state index in [-0.39, 0.29) is 0 Å². The highest BCUT2D eigenvalue weighted by atomic mass is 35.5. The number of terminal acetylenes is 1. The van der Waals surface area contributed by atoms with Gasteiger partial charge in [-0.25, -0.2) is 4.48 Å². The Morgan fingerprint density at radius 1 is 1.27 bits per heavy atom. The number of para-hydroxylation sites is 1. The Balaban J connectivity index is 1.96. The van der Waals surface area contributed by atoms with Crippen LogP contribution in [0.25, 0.3) is 0 Å². The van der Waals surface area contributed by atoms with Gasteiger partial charge in [-0.3, -0.25) is 9.69 Å². The van der Waals surface area contributed by atoms with E-state index < -0.39 is 0 Å². The number of rotatable bonds is 2. The lowest BCUT2D eigenvalue weighted by molar-refractivity contribution is -0.107. The van der Waals surface area contributed by atoms with Crippen LogP contribution in [0.4, 0.5) is 11.4 Å². The van der Waals surface area contributed by atoms with E-state index in [9.17, 15) is 4.79 Å². The molecular weight excluding hydrogens is 344 g/mol. The van der Waals surface area contributed by atoms with Crippen LogP contribution in [0, 0.1) is 19.3 Å². The molecule has 1 atom stereocenters. The zero-order chi connectivity index (χ0) is 18.3. The van der Waals surface area contributed by atoms with Gasteiger partial charge in [-0.1, -0.05) is 35.7 Å². The fourth-order valence-corrected chi connectivity index (χ4v) is 4.15. The van der Waals surface area contributed by atoms with Crippen molar-refractivity contribution in [3.05, 3.63) is 82.3 Å². The molecule has 0 aromatic heterocycles. The Bertz CT molecular complexity index is 1020. The monoisotopic (exact) mass is 361 g/mol. The van der Waals surface area contributed by atoms with Crippen LogP contribution in [0.15, 0.2) is 65.6 Å². The predicted molar refractivity (Wildman–Crippen MR) is 106 cm³/mol. The average Bonchev–Trinajstić information content (AvgIpc) is 2.89. The molecule has 0 N–H and O–H groups in total. The Morgan fingerprint density at radius 3 is 2.81 bits per heavy atom. The van der Waals surface area contributed by atoms with Crippen LogP contribution in [0.3, 0.4) is 0 Å². The topological polar surface area (TPSA) is 20.3 Å². The van der Waals surface area contributed by atoms with E-state index in [0.29, 0.717) is 17.4 Å². The number of anilines is 1. The third-order valence-corrected chi connectivity index (χ3v) is 5.37. The Hall–Kier alpha value is -2.80. The van der Waals surface area contributed by atoms with Crippen molar-refractivity contribution >= 4 is 29.4 Å². The van der Waals surface area contributed by atoms with Gasteiger partial charge in [-0.2, -0.15) is 0 Å². The second-order valence-electron chi connectivity index (χ2n) is 6.69. The normalized spacial score (nSPS) is 21.0. The van der Waals surface area contributed by atoms with E-state index >= 15 is 0 Å². The standard InChI is InChI=1S/C22H18ClN2O/c1-3-17-8-9-20(10-16(17)2)25-13-18-6-4-5-7-22(18)24(15-26)12-21(25)11-19(23)14-25/h1,4-10,12,14-15H,11,13H2,2H3/q+1. The van der Waals surface area contributed by atoms with E-state index in [1.807, 2.05) is 37.4 Å². The summed E-state index contributed by atoms with van der Waals surface area (Å²) in [6, 6.07) is 14.1. The molecule has 128 valence electrons. The maximum atomic E-state index is 11.7. The van der Waals surface area contributed by atoms with Crippen LogP contribution in [-0.2, 0) is 11.3 Å². The van der Waals surface area contributed by atoms with Gasteiger partial charge in [0.15, 0.2) is 0 Å². The lowest BCUT2D eigenvalue weighted by Gasteiger charge is -2.32. The summed E-state index contributed by atoms with van der Waals surface area (Å²) >= 11 is 6.46. The van der Waals surface area contributed by atoms with Crippen LogP contribution >= 0.6 is 11.6 Å². The summed E-state index contributed by atoms with van der Waals surface area (Å²) in [5, 5.41) is 0.778. The Morgan fingerprint density at radius 2 is 2.08 bits per heavy atom. The number of benzene rings is 2. The van der Waals surface area contributed by atoms with E-state index in [4.69, 9.17) is 18.0 Å². The van der Waals surface area contributed by atoms with Gasteiger partial charge in [0.05, 0.1) is 23.3 Å². The molecule has 0 bridgehead atoms. The summed E-state index contributed by atoms with van der Waals surface area (Å²) in [5.41, 5.74) is 6.09. The van der Waals surface area contributed by atoms with E-state index in [2.05, 4.69) is 30.3 Å². The number of fused-ring (bicyclic) bond motifs is 2. The second-order valence-corrected chi connectivity index (χ2v) is 7.17. The summed E-state index contributed by atoms with van der Waals surface area (Å²) < 4.78 is 0.478. The SMILES string of the molecule is C#Cc1ccc([N+]23C=C(Cl)CC2=CN(C=O)c2ccccc2C3)cc1C. The first-order valence-electron chi connectivity index (χ1n) is 8.43. The molecule has 2 aliphatic rings. The third-order valence-electron chi connectivity index (χ3n) is 5.14. The number of halogens is 1. The molecule has 0 saturated carbocycles. The lowest BCUT2D eigenvalue weighted by atomic mass is 10.1. The van der Waals surface area contributed by atoms with Gasteiger partial charge in [0, 0.05) is 23.3 Å². The number of carbonyl (C=O) groups is 1. The van der Waals surface area contributed by atoms with Crippen LogP contribution in [0.2, 0.25) is 0 Å². The molecule has 0 aliphatic carbocycles. The second kappa shape index (κ2) is 6.17. The zero-order valence-electron chi connectivity index (χ0n) is 14.4. The quantitative estimate of drug-likeness (QED) is 0.428. The summed E-state index contributed by atoms with van der Waals surface area (Å²) in [7, 11) is 0. The fourth-order valence-electron chi connectivity index (χ4n) is 3.85. The van der Waals surface area contributed by atoms with Crippen molar-refractivity contribution in [2.24, 2.45) is 0 Å². The van der Waals surface area contributed by atoms with Crippen molar-refractivity contribution in [1.29, 1.82) is 0 Å². The number of nitrogens with zero attached hydrogens (tertiary/aromatic N) is 2. The van der Waals surface area contributed by atoms with E-state index in [0.717, 1.165) is 45.2 Å². The molecule has 1 unspecified atom stereocenters. The van der Waals surface area contributed by atoms with Gasteiger partial charge in [0.25, 0.3) is 0 Å². The minimum Gasteiger partial charge on any atom is -0.284 e. The summed E-state index contributed by atoms with van der Waals surface area (Å²) in [6.45, 7) is 2.71. The molecular formula is C22H18ClN2O+. The van der Waals surface area contributed by atoms with Gasteiger partial charge < -0.3 is 0 Å². The van der Waals surface area contributed by atoms with E-state index in [1.54, 1.807) is 4.90 Å². The summed E-state index contributed by atoms with van der Waals surface area (Å²) in [6.07, 6.45) is 11.0. The Kier molecular flexibility index (Phi) is 3.96. The number of hydrogen-bond donors (Lipinski definition) is 0. The number of carbonyl (C=O) groups excluding carboxylic acids is 1. The van der Waals surface area contributed by atoms with Crippen molar-refractivity contribution in [1.82, 2.24) is 4.48 Å². The molecule has 26 heavy (non-hydrogen) atoms. The summed E-state index contributed by atoms with van der Waals surface area (Å²) in [4.78, 5) is 13.4. The largest absolute Gasteiger partial charge is 0.284 e. The zero-order valence-corrected chi connectivity index (χ0v) is 15.2. The molecule has 2 aromatic carbocycles. The first kappa shape index (κ1) is 16.7. The minimum absolute atomic E-state index is 0.478. The molecule has 4 rings (SSSR count). The highest BCUT2D eigenvalue weighted by Crippen LogP contribution is 2.45. The van der Waals surface area contributed by atoms with Crippen molar-refractivity contribution < 1.29 is 4.79 Å². The molecule has 0 fully saturated rings. The van der Waals surface area contributed by atoms with Gasteiger partial charge in [-0.05, 0) is 24.6 Å². The summed E-state index contributed by atoms with van der Waals surface area (Å²) in [5.74, 6) is 2.72. The van der Waals surface area contributed by atoms with Crippen molar-refractivity contribution in [3.63, 3.8) is 0 Å². The maximum Gasteiger partial charge on any atom is 0.218 e.